The first kappa shape index (κ1) is 38.4. The first-order valence-electron chi connectivity index (χ1n) is 19.1. The molecule has 1 aromatic carbocycles. The molecule has 0 saturated carbocycles. The number of aromatic nitrogens is 2. The number of H-pyrrole nitrogens is 1. The Labute approximate surface area is 314 Å². The number of nitrogens with one attached hydrogen (secondary N) is 5. The zero-order chi connectivity index (χ0) is 38.4. The van der Waals surface area contributed by atoms with Gasteiger partial charge in [-0.1, -0.05) is 44.2 Å². The molecule has 6 rings (SSSR count). The molecule has 0 spiro atoms. The van der Waals surface area contributed by atoms with Gasteiger partial charge in [0, 0.05) is 44.4 Å². The number of benzene rings is 1. The van der Waals surface area contributed by atoms with E-state index in [2.05, 4.69) is 31.2 Å². The van der Waals surface area contributed by atoms with Gasteiger partial charge in [0.25, 0.3) is 0 Å². The minimum Gasteiger partial charge on any atom is -0.348 e. The maximum atomic E-state index is 14.4. The van der Waals surface area contributed by atoms with Crippen molar-refractivity contribution in [3.05, 3.63) is 54.1 Å². The standard InChI is InChI=1S/C38H51N9O7/c1-23(2)17-26-33(49)43-27(18-24-9-4-3-5-10-24)36(52)45-14-7-12-30(45)35(51)44-28(19-25-20-39-22-41-25)37(53)47-16-8-13-31(47)38(54)46-15-6-11-29(46)34(50)40-21-32(48)42-26/h3-5,9-10,20,22-23,26-31H,6-8,11-19,21H2,1-2H3,(H,39,41)(H,40,50)(H,42,48)(H,43,49)(H,44,51)/t26-,27-,28-,29-,30-,31-/m0/s1. The monoisotopic (exact) mass is 745 g/mol. The quantitative estimate of drug-likeness (QED) is 0.267. The topological polar surface area (TPSA) is 206 Å². The SMILES string of the molecule is CC(C)C[C@@H]1NC(=O)CNC(=O)[C@@H]2CCCN2C(=O)[C@@H]2CCCN2C(=O)[C@H](Cc2cnc[nH]2)NC(=O)[C@@H]2CCCN2C(=O)[C@H](Cc2ccccc2)NC1=O. The predicted octanol–water partition coefficient (Wildman–Crippen LogP) is -0.202. The Hall–Kier alpha value is -5.28. The molecular weight excluding hydrogens is 694 g/mol. The van der Waals surface area contributed by atoms with Crippen molar-refractivity contribution in [2.24, 2.45) is 5.92 Å². The highest BCUT2D eigenvalue weighted by Gasteiger charge is 2.45. The minimum atomic E-state index is -1.08. The van der Waals surface area contributed by atoms with Crippen molar-refractivity contribution >= 4 is 41.4 Å². The largest absolute Gasteiger partial charge is 0.348 e. The Morgan fingerprint density at radius 2 is 1.24 bits per heavy atom. The molecule has 0 aliphatic carbocycles. The first-order chi connectivity index (χ1) is 26.0. The third-order valence-corrected chi connectivity index (χ3v) is 10.8. The van der Waals surface area contributed by atoms with E-state index in [1.165, 1.54) is 21.0 Å². The van der Waals surface area contributed by atoms with E-state index in [1.807, 2.05) is 44.2 Å². The normalized spacial score (nSPS) is 27.8. The van der Waals surface area contributed by atoms with E-state index in [0.717, 1.165) is 5.56 Å². The fourth-order valence-corrected chi connectivity index (χ4v) is 8.13. The highest BCUT2D eigenvalue weighted by molar-refractivity contribution is 5.98. The summed E-state index contributed by atoms with van der Waals surface area (Å²) < 4.78 is 0. The fourth-order valence-electron chi connectivity index (χ4n) is 8.13. The van der Waals surface area contributed by atoms with E-state index in [0.29, 0.717) is 57.3 Å². The lowest BCUT2D eigenvalue weighted by atomic mass is 10.0. The maximum absolute atomic E-state index is 14.4. The Balaban J connectivity index is 1.34. The van der Waals surface area contributed by atoms with Crippen molar-refractivity contribution in [1.82, 2.24) is 45.9 Å². The molecule has 4 aliphatic rings. The number of rotatable bonds is 6. The van der Waals surface area contributed by atoms with Gasteiger partial charge in [-0.3, -0.25) is 33.6 Å². The number of imidazole rings is 1. The van der Waals surface area contributed by atoms with Gasteiger partial charge in [0.15, 0.2) is 0 Å². The van der Waals surface area contributed by atoms with Crippen LogP contribution >= 0.6 is 0 Å². The van der Waals surface area contributed by atoms with E-state index < -0.39 is 78.2 Å². The van der Waals surface area contributed by atoms with Crippen molar-refractivity contribution in [1.29, 1.82) is 0 Å². The lowest BCUT2D eigenvalue weighted by Gasteiger charge is -2.33. The molecule has 4 aliphatic heterocycles. The van der Waals surface area contributed by atoms with Crippen molar-refractivity contribution < 1.29 is 33.6 Å². The van der Waals surface area contributed by atoms with Gasteiger partial charge in [0.1, 0.15) is 36.3 Å². The van der Waals surface area contributed by atoms with Crippen LogP contribution in [0.2, 0.25) is 0 Å². The van der Waals surface area contributed by atoms with E-state index in [1.54, 1.807) is 6.20 Å². The predicted molar refractivity (Wildman–Crippen MR) is 195 cm³/mol. The lowest BCUT2D eigenvalue weighted by Crippen LogP contribution is -2.59. The van der Waals surface area contributed by atoms with Gasteiger partial charge in [-0.05, 0) is 56.4 Å². The van der Waals surface area contributed by atoms with Crippen LogP contribution in [0.5, 0.6) is 0 Å². The summed E-state index contributed by atoms with van der Waals surface area (Å²) in [6.07, 6.45) is 6.33. The van der Waals surface area contributed by atoms with Gasteiger partial charge in [0.05, 0.1) is 12.9 Å². The molecule has 16 heteroatoms. The van der Waals surface area contributed by atoms with Crippen LogP contribution in [0.25, 0.3) is 0 Å². The molecule has 0 bridgehead atoms. The smallest absolute Gasteiger partial charge is 0.246 e. The van der Waals surface area contributed by atoms with Crippen LogP contribution in [0.1, 0.15) is 70.1 Å². The summed E-state index contributed by atoms with van der Waals surface area (Å²) in [5.41, 5.74) is 1.39. The highest BCUT2D eigenvalue weighted by atomic mass is 16.2. The van der Waals surface area contributed by atoms with Gasteiger partial charge < -0.3 is 41.0 Å². The van der Waals surface area contributed by atoms with Crippen LogP contribution in [0.3, 0.4) is 0 Å². The van der Waals surface area contributed by atoms with Crippen LogP contribution < -0.4 is 21.3 Å². The molecule has 2 aromatic rings. The molecule has 4 saturated heterocycles. The second-order valence-corrected chi connectivity index (χ2v) is 15.1. The summed E-state index contributed by atoms with van der Waals surface area (Å²) in [5, 5.41) is 11.2. The summed E-state index contributed by atoms with van der Waals surface area (Å²) in [4.78, 5) is 109. The number of fused-ring (bicyclic) bond motifs is 3. The van der Waals surface area contributed by atoms with Crippen LogP contribution in [0.4, 0.5) is 0 Å². The molecule has 290 valence electrons. The third-order valence-electron chi connectivity index (χ3n) is 10.8. The van der Waals surface area contributed by atoms with Gasteiger partial charge in [-0.15, -0.1) is 0 Å². The van der Waals surface area contributed by atoms with E-state index in [9.17, 15) is 33.6 Å². The first-order valence-corrected chi connectivity index (χ1v) is 19.1. The van der Waals surface area contributed by atoms with Gasteiger partial charge in [0.2, 0.25) is 41.4 Å². The molecule has 5 N–H and O–H groups in total. The van der Waals surface area contributed by atoms with E-state index >= 15 is 0 Å². The number of nitrogens with zero attached hydrogens (tertiary/aromatic N) is 4. The molecule has 54 heavy (non-hydrogen) atoms. The number of carbonyl (C=O) groups is 7. The number of hydrogen-bond donors (Lipinski definition) is 5. The molecule has 4 fully saturated rings. The summed E-state index contributed by atoms with van der Waals surface area (Å²) >= 11 is 0. The van der Waals surface area contributed by atoms with Gasteiger partial charge >= 0.3 is 0 Å². The summed E-state index contributed by atoms with van der Waals surface area (Å²) in [5.74, 6) is -3.44. The molecule has 1 aromatic heterocycles. The summed E-state index contributed by atoms with van der Waals surface area (Å²) in [6, 6.07) is 3.46. The van der Waals surface area contributed by atoms with Gasteiger partial charge in [-0.25, -0.2) is 4.98 Å². The molecule has 0 radical (unpaired) electrons. The molecule has 0 unspecified atom stereocenters. The Bertz CT molecular complexity index is 1700. The van der Waals surface area contributed by atoms with Crippen molar-refractivity contribution in [3.63, 3.8) is 0 Å². The summed E-state index contributed by atoms with van der Waals surface area (Å²) in [6.45, 7) is 4.27. The number of carbonyl (C=O) groups excluding carboxylic acids is 7. The molecule has 16 nitrogen and oxygen atoms in total. The third kappa shape index (κ3) is 8.91. The van der Waals surface area contributed by atoms with Crippen LogP contribution in [-0.2, 0) is 46.4 Å². The zero-order valence-corrected chi connectivity index (χ0v) is 30.9. The minimum absolute atomic E-state index is 0.00863. The molecule has 7 amide bonds. The molecular formula is C38H51N9O7. The molecule has 6 atom stereocenters. The lowest BCUT2D eigenvalue weighted by molar-refractivity contribution is -0.148. The van der Waals surface area contributed by atoms with Crippen molar-refractivity contribution in [2.45, 2.75) is 108 Å². The van der Waals surface area contributed by atoms with Crippen molar-refractivity contribution in [2.75, 3.05) is 26.2 Å². The Kier molecular flexibility index (Phi) is 12.3. The fraction of sp³-hybridized carbons (Fsp3) is 0.579. The van der Waals surface area contributed by atoms with Crippen LogP contribution in [0.15, 0.2) is 42.9 Å². The maximum Gasteiger partial charge on any atom is 0.246 e. The average molecular weight is 746 g/mol. The van der Waals surface area contributed by atoms with E-state index in [-0.39, 0.29) is 37.6 Å². The van der Waals surface area contributed by atoms with E-state index in [4.69, 9.17) is 0 Å². The zero-order valence-electron chi connectivity index (χ0n) is 30.9. The van der Waals surface area contributed by atoms with Crippen LogP contribution in [-0.4, -0.2) is 128 Å². The highest BCUT2D eigenvalue weighted by Crippen LogP contribution is 2.27. The number of amides is 7. The second-order valence-electron chi connectivity index (χ2n) is 15.1. The molecule has 5 heterocycles. The number of hydrogen-bond acceptors (Lipinski definition) is 8. The second kappa shape index (κ2) is 17.2. The number of aromatic amines is 1. The van der Waals surface area contributed by atoms with Crippen molar-refractivity contribution in [3.8, 4) is 0 Å². The Morgan fingerprint density at radius 1 is 0.667 bits per heavy atom. The summed E-state index contributed by atoms with van der Waals surface area (Å²) in [7, 11) is 0. The average Bonchev–Trinajstić information content (AvgIpc) is 3.99. The van der Waals surface area contributed by atoms with Gasteiger partial charge in [-0.2, -0.15) is 0 Å². The van der Waals surface area contributed by atoms with Crippen LogP contribution in [0, 0.1) is 5.92 Å². The Morgan fingerprint density at radius 3 is 1.87 bits per heavy atom.